The summed E-state index contributed by atoms with van der Waals surface area (Å²) in [6.45, 7) is 8.49. The molecule has 0 spiro atoms. The van der Waals surface area contributed by atoms with Gasteiger partial charge in [-0.05, 0) is 36.5 Å². The Balaban J connectivity index is 2.58. The molecule has 124 valence electrons. The van der Waals surface area contributed by atoms with Crippen LogP contribution in [0.1, 0.15) is 39.2 Å². The van der Waals surface area contributed by atoms with E-state index in [-0.39, 0.29) is 0 Å². The normalized spacial score (nSPS) is 11.6. The maximum atomic E-state index is 5.86. The molecule has 0 amide bonds. The molecule has 0 atom stereocenters. The predicted molar refractivity (Wildman–Crippen MR) is 91.6 cm³/mol. The highest BCUT2D eigenvalue weighted by molar-refractivity contribution is 5.77. The second kappa shape index (κ2) is 9.92. The van der Waals surface area contributed by atoms with E-state index in [1.807, 2.05) is 18.2 Å². The number of guanidine groups is 1. The Morgan fingerprint density at radius 1 is 1.32 bits per heavy atom. The molecule has 0 aromatic heterocycles. The van der Waals surface area contributed by atoms with Crippen LogP contribution in [0.25, 0.3) is 0 Å². The zero-order valence-electron chi connectivity index (χ0n) is 14.2. The molecule has 5 nitrogen and oxygen atoms in total. The van der Waals surface area contributed by atoms with Crippen LogP contribution >= 0.6 is 0 Å². The number of ether oxygens (including phenoxy) is 2. The number of hydrogen-bond donors (Lipinski definition) is 2. The van der Waals surface area contributed by atoms with Crippen LogP contribution in [-0.4, -0.2) is 26.2 Å². The first-order chi connectivity index (χ1) is 10.6. The molecule has 1 aromatic rings. The van der Waals surface area contributed by atoms with Gasteiger partial charge in [0.05, 0.1) is 20.3 Å². The lowest BCUT2D eigenvalue weighted by Gasteiger charge is -2.11. The molecule has 22 heavy (non-hydrogen) atoms. The highest BCUT2D eigenvalue weighted by atomic mass is 16.5. The minimum absolute atomic E-state index is 0.478. The molecule has 0 radical (unpaired) electrons. The average Bonchev–Trinajstić information content (AvgIpc) is 2.50. The van der Waals surface area contributed by atoms with Crippen LogP contribution in [0.3, 0.4) is 0 Å². The van der Waals surface area contributed by atoms with Gasteiger partial charge < -0.3 is 20.5 Å². The second-order valence-electron chi connectivity index (χ2n) is 5.64. The number of nitrogens with zero attached hydrogens (tertiary/aromatic N) is 1. The van der Waals surface area contributed by atoms with Crippen molar-refractivity contribution in [3.8, 4) is 11.5 Å². The largest absolute Gasteiger partial charge is 0.493 e. The summed E-state index contributed by atoms with van der Waals surface area (Å²) in [6, 6.07) is 5.84. The quantitative estimate of drug-likeness (QED) is 0.543. The molecule has 0 bridgehead atoms. The van der Waals surface area contributed by atoms with Crippen LogP contribution in [0.15, 0.2) is 23.2 Å². The zero-order valence-corrected chi connectivity index (χ0v) is 14.2. The molecular weight excluding hydrogens is 278 g/mol. The first kappa shape index (κ1) is 18.1. The van der Waals surface area contributed by atoms with Crippen molar-refractivity contribution in [2.45, 2.75) is 40.2 Å². The standard InChI is InChI=1S/C17H29N3O2/c1-5-10-22-15-7-6-14(11-16(15)21-4)12-20-17(18)19-9-8-13(2)3/h6-7,11,13H,5,8-10,12H2,1-4H3,(H3,18,19,20). The lowest BCUT2D eigenvalue weighted by molar-refractivity contribution is 0.294. The molecule has 1 aromatic carbocycles. The molecule has 0 saturated carbocycles. The van der Waals surface area contributed by atoms with Gasteiger partial charge in [-0.15, -0.1) is 0 Å². The van der Waals surface area contributed by atoms with Gasteiger partial charge in [-0.1, -0.05) is 26.8 Å². The van der Waals surface area contributed by atoms with E-state index in [2.05, 4.69) is 31.1 Å². The van der Waals surface area contributed by atoms with E-state index < -0.39 is 0 Å². The van der Waals surface area contributed by atoms with E-state index in [0.29, 0.717) is 25.0 Å². The molecule has 5 heteroatoms. The van der Waals surface area contributed by atoms with Gasteiger partial charge in [-0.3, -0.25) is 0 Å². The van der Waals surface area contributed by atoms with Gasteiger partial charge >= 0.3 is 0 Å². The summed E-state index contributed by atoms with van der Waals surface area (Å²) in [7, 11) is 1.64. The Bertz CT molecular complexity index is 473. The molecule has 0 aliphatic rings. The Hall–Kier alpha value is -1.91. The lowest BCUT2D eigenvalue weighted by atomic mass is 10.1. The third kappa shape index (κ3) is 6.70. The first-order valence-corrected chi connectivity index (χ1v) is 7.90. The summed E-state index contributed by atoms with van der Waals surface area (Å²) in [5.41, 5.74) is 6.89. The Labute approximate surface area is 133 Å². The number of aliphatic imine (C=N–C) groups is 1. The van der Waals surface area contributed by atoms with Gasteiger partial charge in [0.2, 0.25) is 0 Å². The number of hydrogen-bond acceptors (Lipinski definition) is 3. The average molecular weight is 307 g/mol. The first-order valence-electron chi connectivity index (χ1n) is 7.90. The zero-order chi connectivity index (χ0) is 16.4. The van der Waals surface area contributed by atoms with Gasteiger partial charge in [0.15, 0.2) is 17.5 Å². The monoisotopic (exact) mass is 307 g/mol. The molecule has 0 fully saturated rings. The van der Waals surface area contributed by atoms with E-state index >= 15 is 0 Å². The number of benzene rings is 1. The van der Waals surface area contributed by atoms with Gasteiger partial charge in [0.1, 0.15) is 0 Å². The third-order valence-corrected chi connectivity index (χ3v) is 3.15. The predicted octanol–water partition coefficient (Wildman–Crippen LogP) is 2.93. The Morgan fingerprint density at radius 2 is 2.09 bits per heavy atom. The van der Waals surface area contributed by atoms with E-state index in [4.69, 9.17) is 15.2 Å². The lowest BCUT2D eigenvalue weighted by Crippen LogP contribution is -2.32. The highest BCUT2D eigenvalue weighted by Crippen LogP contribution is 2.28. The van der Waals surface area contributed by atoms with Crippen molar-refractivity contribution in [1.29, 1.82) is 0 Å². The SMILES string of the molecule is CCCOc1ccc(CN=C(N)NCCC(C)C)cc1OC. The summed E-state index contributed by atoms with van der Waals surface area (Å²) in [5, 5.41) is 3.12. The summed E-state index contributed by atoms with van der Waals surface area (Å²) >= 11 is 0. The number of rotatable bonds is 9. The molecule has 0 unspecified atom stereocenters. The molecule has 3 N–H and O–H groups in total. The van der Waals surface area contributed by atoms with Crippen molar-refractivity contribution in [2.24, 2.45) is 16.6 Å². The highest BCUT2D eigenvalue weighted by Gasteiger charge is 2.05. The summed E-state index contributed by atoms with van der Waals surface area (Å²) in [5.74, 6) is 2.62. The van der Waals surface area contributed by atoms with Crippen molar-refractivity contribution in [2.75, 3.05) is 20.3 Å². The van der Waals surface area contributed by atoms with Gasteiger partial charge in [0, 0.05) is 6.54 Å². The fourth-order valence-electron chi connectivity index (χ4n) is 1.86. The molecule has 0 heterocycles. The van der Waals surface area contributed by atoms with Crippen LogP contribution < -0.4 is 20.5 Å². The Kier molecular flexibility index (Phi) is 8.18. The topological polar surface area (TPSA) is 68.9 Å². The Morgan fingerprint density at radius 3 is 2.73 bits per heavy atom. The van der Waals surface area contributed by atoms with Crippen molar-refractivity contribution in [3.63, 3.8) is 0 Å². The van der Waals surface area contributed by atoms with Gasteiger partial charge in [-0.25, -0.2) is 4.99 Å². The van der Waals surface area contributed by atoms with Crippen LogP contribution in [0.4, 0.5) is 0 Å². The molecule has 0 saturated heterocycles. The minimum atomic E-state index is 0.478. The summed E-state index contributed by atoms with van der Waals surface area (Å²) < 4.78 is 11.0. The molecule has 0 aliphatic carbocycles. The van der Waals surface area contributed by atoms with Crippen molar-refractivity contribution in [3.05, 3.63) is 23.8 Å². The maximum Gasteiger partial charge on any atom is 0.188 e. The van der Waals surface area contributed by atoms with Crippen LogP contribution in [0.2, 0.25) is 0 Å². The maximum absolute atomic E-state index is 5.86. The van der Waals surface area contributed by atoms with Crippen molar-refractivity contribution >= 4 is 5.96 Å². The van der Waals surface area contributed by atoms with Gasteiger partial charge in [0.25, 0.3) is 0 Å². The van der Waals surface area contributed by atoms with Crippen LogP contribution in [0, 0.1) is 5.92 Å². The fraction of sp³-hybridized carbons (Fsp3) is 0.588. The smallest absolute Gasteiger partial charge is 0.188 e. The van der Waals surface area contributed by atoms with E-state index in [9.17, 15) is 0 Å². The molecule has 0 aliphatic heterocycles. The van der Waals surface area contributed by atoms with E-state index in [1.54, 1.807) is 7.11 Å². The van der Waals surface area contributed by atoms with Crippen molar-refractivity contribution < 1.29 is 9.47 Å². The number of nitrogens with one attached hydrogen (secondary N) is 1. The van der Waals surface area contributed by atoms with E-state index in [1.165, 1.54) is 0 Å². The summed E-state index contributed by atoms with van der Waals surface area (Å²) in [6.07, 6.45) is 2.04. The van der Waals surface area contributed by atoms with Crippen LogP contribution in [0.5, 0.6) is 11.5 Å². The second-order valence-corrected chi connectivity index (χ2v) is 5.64. The van der Waals surface area contributed by atoms with Crippen LogP contribution in [-0.2, 0) is 6.54 Å². The molecular formula is C17H29N3O2. The minimum Gasteiger partial charge on any atom is -0.493 e. The third-order valence-electron chi connectivity index (χ3n) is 3.15. The van der Waals surface area contributed by atoms with Crippen molar-refractivity contribution in [1.82, 2.24) is 5.32 Å². The van der Waals surface area contributed by atoms with Gasteiger partial charge in [-0.2, -0.15) is 0 Å². The fourth-order valence-corrected chi connectivity index (χ4v) is 1.86. The number of methoxy groups -OCH3 is 1. The summed E-state index contributed by atoms with van der Waals surface area (Å²) in [4.78, 5) is 4.35. The number of nitrogens with two attached hydrogens (primary N) is 1. The molecule has 1 rings (SSSR count). The van der Waals surface area contributed by atoms with E-state index in [0.717, 1.165) is 36.4 Å².